The SMILES string of the molecule is CC(C)N(C)S(=O)(=O)c1ccc(CNC2CC2)cc1Br. The molecule has 0 heterocycles. The average Bonchev–Trinajstić information content (AvgIpc) is 3.19. The van der Waals surface area contributed by atoms with Crippen LogP contribution >= 0.6 is 15.9 Å². The molecule has 0 aromatic heterocycles. The zero-order valence-corrected chi connectivity index (χ0v) is 14.5. The van der Waals surface area contributed by atoms with Crippen LogP contribution in [0.5, 0.6) is 0 Å². The minimum Gasteiger partial charge on any atom is -0.310 e. The van der Waals surface area contributed by atoms with Crippen LogP contribution in [-0.4, -0.2) is 31.9 Å². The number of rotatable bonds is 6. The Balaban J connectivity index is 2.19. The maximum absolute atomic E-state index is 12.5. The quantitative estimate of drug-likeness (QED) is 0.848. The summed E-state index contributed by atoms with van der Waals surface area (Å²) in [6.45, 7) is 4.50. The van der Waals surface area contributed by atoms with Gasteiger partial charge in [-0.05, 0) is 60.3 Å². The van der Waals surface area contributed by atoms with E-state index in [9.17, 15) is 8.42 Å². The lowest BCUT2D eigenvalue weighted by molar-refractivity contribution is 0.410. The second-order valence-corrected chi connectivity index (χ2v) is 8.36. The molecule has 0 spiro atoms. The molecule has 0 radical (unpaired) electrons. The highest BCUT2D eigenvalue weighted by molar-refractivity contribution is 9.10. The van der Waals surface area contributed by atoms with E-state index in [4.69, 9.17) is 0 Å². The van der Waals surface area contributed by atoms with Gasteiger partial charge in [0.1, 0.15) is 0 Å². The minimum atomic E-state index is -3.44. The zero-order valence-electron chi connectivity index (χ0n) is 12.1. The first-order chi connectivity index (χ1) is 9.32. The summed E-state index contributed by atoms with van der Waals surface area (Å²) in [6.07, 6.45) is 2.49. The van der Waals surface area contributed by atoms with E-state index in [1.807, 2.05) is 26.0 Å². The van der Waals surface area contributed by atoms with E-state index in [-0.39, 0.29) is 6.04 Å². The van der Waals surface area contributed by atoms with Gasteiger partial charge in [0.2, 0.25) is 10.0 Å². The maximum Gasteiger partial charge on any atom is 0.244 e. The van der Waals surface area contributed by atoms with Gasteiger partial charge in [0.15, 0.2) is 0 Å². The normalized spacial score (nSPS) is 16.1. The monoisotopic (exact) mass is 360 g/mol. The summed E-state index contributed by atoms with van der Waals surface area (Å²) in [7, 11) is -1.83. The predicted octanol–water partition coefficient (Wildman–Crippen LogP) is 2.73. The Kier molecular flexibility index (Phi) is 4.89. The third-order valence-corrected chi connectivity index (χ3v) is 6.56. The van der Waals surface area contributed by atoms with Crippen molar-refractivity contribution in [2.45, 2.75) is 50.2 Å². The fourth-order valence-corrected chi connectivity index (χ4v) is 4.30. The third-order valence-electron chi connectivity index (χ3n) is 3.55. The topological polar surface area (TPSA) is 49.4 Å². The summed E-state index contributed by atoms with van der Waals surface area (Å²) in [6, 6.07) is 6.02. The molecule has 0 atom stereocenters. The molecule has 0 saturated heterocycles. The standard InChI is InChI=1S/C14H21BrN2O2S/c1-10(2)17(3)20(18,19)14-7-4-11(8-13(14)15)9-16-12-5-6-12/h4,7-8,10,12,16H,5-6,9H2,1-3H3. The van der Waals surface area contributed by atoms with Crippen molar-refractivity contribution < 1.29 is 8.42 Å². The number of halogens is 1. The number of nitrogens with one attached hydrogen (secondary N) is 1. The number of nitrogens with zero attached hydrogens (tertiary/aromatic N) is 1. The van der Waals surface area contributed by atoms with Gasteiger partial charge in [0, 0.05) is 30.1 Å². The molecule has 2 rings (SSSR count). The molecule has 6 heteroatoms. The molecular formula is C14H21BrN2O2S. The number of benzene rings is 1. The summed E-state index contributed by atoms with van der Waals surface area (Å²) in [5, 5.41) is 3.42. The molecule has 1 aromatic rings. The molecule has 112 valence electrons. The molecule has 0 amide bonds. The number of sulfonamides is 1. The molecule has 1 aliphatic carbocycles. The Labute approximate surface area is 129 Å². The smallest absolute Gasteiger partial charge is 0.244 e. The maximum atomic E-state index is 12.5. The number of hydrogen-bond acceptors (Lipinski definition) is 3. The summed E-state index contributed by atoms with van der Waals surface area (Å²) < 4.78 is 26.9. The molecule has 20 heavy (non-hydrogen) atoms. The van der Waals surface area contributed by atoms with E-state index in [0.29, 0.717) is 15.4 Å². The van der Waals surface area contributed by atoms with Crippen LogP contribution in [-0.2, 0) is 16.6 Å². The molecule has 1 aliphatic rings. The van der Waals surface area contributed by atoms with Crippen LogP contribution in [0.4, 0.5) is 0 Å². The molecule has 4 nitrogen and oxygen atoms in total. The summed E-state index contributed by atoms with van der Waals surface area (Å²) in [5.74, 6) is 0. The summed E-state index contributed by atoms with van der Waals surface area (Å²) >= 11 is 3.39. The molecule has 1 fully saturated rings. The van der Waals surface area contributed by atoms with Crippen LogP contribution in [0.3, 0.4) is 0 Å². The molecular weight excluding hydrogens is 340 g/mol. The highest BCUT2D eigenvalue weighted by atomic mass is 79.9. The first-order valence-corrected chi connectivity index (χ1v) is 9.05. The van der Waals surface area contributed by atoms with E-state index in [1.165, 1.54) is 17.1 Å². The lowest BCUT2D eigenvalue weighted by Crippen LogP contribution is -2.33. The van der Waals surface area contributed by atoms with Crippen LogP contribution < -0.4 is 5.32 Å². The van der Waals surface area contributed by atoms with Crippen LogP contribution in [0.1, 0.15) is 32.3 Å². The van der Waals surface area contributed by atoms with Crippen LogP contribution in [0.2, 0.25) is 0 Å². The van der Waals surface area contributed by atoms with Crippen LogP contribution in [0.25, 0.3) is 0 Å². The van der Waals surface area contributed by atoms with E-state index < -0.39 is 10.0 Å². The van der Waals surface area contributed by atoms with Crippen molar-refractivity contribution in [1.29, 1.82) is 0 Å². The first-order valence-electron chi connectivity index (χ1n) is 6.82. The fourth-order valence-electron chi connectivity index (χ4n) is 1.85. The predicted molar refractivity (Wildman–Crippen MR) is 84.1 cm³/mol. The van der Waals surface area contributed by atoms with E-state index >= 15 is 0 Å². The van der Waals surface area contributed by atoms with Crippen molar-refractivity contribution in [2.75, 3.05) is 7.05 Å². The highest BCUT2D eigenvalue weighted by Crippen LogP contribution is 2.27. The van der Waals surface area contributed by atoms with Crippen molar-refractivity contribution in [2.24, 2.45) is 0 Å². The van der Waals surface area contributed by atoms with E-state index in [2.05, 4.69) is 21.2 Å². The first kappa shape index (κ1) is 15.9. The molecule has 0 bridgehead atoms. The molecule has 1 N–H and O–H groups in total. The van der Waals surface area contributed by atoms with Gasteiger partial charge in [0.05, 0.1) is 4.90 Å². The Morgan fingerprint density at radius 1 is 1.40 bits per heavy atom. The molecule has 1 aromatic carbocycles. The fraction of sp³-hybridized carbons (Fsp3) is 0.571. The van der Waals surface area contributed by atoms with Gasteiger partial charge in [-0.25, -0.2) is 8.42 Å². The van der Waals surface area contributed by atoms with Gasteiger partial charge >= 0.3 is 0 Å². The molecule has 0 unspecified atom stereocenters. The van der Waals surface area contributed by atoms with Gasteiger partial charge in [-0.3, -0.25) is 0 Å². The van der Waals surface area contributed by atoms with Crippen molar-refractivity contribution in [3.05, 3.63) is 28.2 Å². The van der Waals surface area contributed by atoms with Gasteiger partial charge < -0.3 is 5.32 Å². The second-order valence-electron chi connectivity index (χ2n) is 5.53. The highest BCUT2D eigenvalue weighted by Gasteiger charge is 2.25. The molecule has 1 saturated carbocycles. The van der Waals surface area contributed by atoms with Gasteiger partial charge in [-0.2, -0.15) is 4.31 Å². The minimum absolute atomic E-state index is 0.0666. The van der Waals surface area contributed by atoms with Gasteiger partial charge in [0.25, 0.3) is 0 Å². The Morgan fingerprint density at radius 2 is 2.05 bits per heavy atom. The Morgan fingerprint density at radius 3 is 2.55 bits per heavy atom. The second kappa shape index (κ2) is 6.13. The van der Waals surface area contributed by atoms with Crippen molar-refractivity contribution >= 4 is 26.0 Å². The average molecular weight is 361 g/mol. The van der Waals surface area contributed by atoms with Crippen molar-refractivity contribution in [3.8, 4) is 0 Å². The largest absolute Gasteiger partial charge is 0.310 e. The van der Waals surface area contributed by atoms with E-state index in [0.717, 1.165) is 12.1 Å². The number of hydrogen-bond donors (Lipinski definition) is 1. The third kappa shape index (κ3) is 3.61. The van der Waals surface area contributed by atoms with E-state index in [1.54, 1.807) is 13.1 Å². The van der Waals surface area contributed by atoms with Crippen molar-refractivity contribution in [3.63, 3.8) is 0 Å². The van der Waals surface area contributed by atoms with Gasteiger partial charge in [-0.1, -0.05) is 6.07 Å². The Bertz CT molecular complexity index is 583. The Hall–Kier alpha value is -0.430. The lowest BCUT2D eigenvalue weighted by Gasteiger charge is -2.21. The summed E-state index contributed by atoms with van der Waals surface area (Å²) in [5.41, 5.74) is 1.09. The lowest BCUT2D eigenvalue weighted by atomic mass is 10.2. The zero-order chi connectivity index (χ0) is 14.9. The summed E-state index contributed by atoms with van der Waals surface area (Å²) in [4.78, 5) is 0.323. The van der Waals surface area contributed by atoms with Crippen LogP contribution in [0, 0.1) is 0 Å². The van der Waals surface area contributed by atoms with Gasteiger partial charge in [-0.15, -0.1) is 0 Å². The van der Waals surface area contributed by atoms with Crippen LogP contribution in [0.15, 0.2) is 27.6 Å². The molecule has 0 aliphatic heterocycles. The van der Waals surface area contributed by atoms with Crippen molar-refractivity contribution in [1.82, 2.24) is 9.62 Å².